The first-order valence-corrected chi connectivity index (χ1v) is 15.1. The van der Waals surface area contributed by atoms with Gasteiger partial charge in [-0.25, -0.2) is 4.98 Å². The highest BCUT2D eigenvalue weighted by molar-refractivity contribution is 5.94. The molecule has 0 saturated carbocycles. The van der Waals surface area contributed by atoms with Crippen molar-refractivity contribution < 1.29 is 28.7 Å². The van der Waals surface area contributed by atoms with E-state index in [-0.39, 0.29) is 24.2 Å². The Morgan fingerprint density at radius 2 is 1.91 bits per heavy atom. The van der Waals surface area contributed by atoms with Crippen LogP contribution in [0.3, 0.4) is 0 Å². The number of hydrogen-bond donors (Lipinski definition) is 2. The standard InChI is InChI=1S/C34H37N5O7/c1-5-45-29-19-22(9-12-28(29)46-20(2)3)30(37-24-10-11-26-21(17-24)13-15-36-32(26)35)33(40)38-16-14-27(34(41)44-4)31(38)23-7-6-8-25(18-23)39(42)43/h6-13,15,17-20,27,30-31,37H,5,14,16H2,1-4H3,(H2,35,36). The largest absolute Gasteiger partial charge is 0.490 e. The molecule has 1 saturated heterocycles. The van der Waals surface area contributed by atoms with Crippen molar-refractivity contribution in [3.8, 4) is 11.5 Å². The summed E-state index contributed by atoms with van der Waals surface area (Å²) in [7, 11) is 1.29. The number of nitro benzene ring substituents is 1. The molecule has 12 nitrogen and oxygen atoms in total. The summed E-state index contributed by atoms with van der Waals surface area (Å²) in [5.41, 5.74) is 7.65. The van der Waals surface area contributed by atoms with E-state index in [9.17, 15) is 19.7 Å². The highest BCUT2D eigenvalue weighted by Crippen LogP contribution is 2.42. The number of amides is 1. The maximum atomic E-state index is 14.7. The lowest BCUT2D eigenvalue weighted by Crippen LogP contribution is -2.39. The number of fused-ring (bicyclic) bond motifs is 1. The Labute approximate surface area is 266 Å². The Kier molecular flexibility index (Phi) is 9.55. The predicted molar refractivity (Wildman–Crippen MR) is 174 cm³/mol. The van der Waals surface area contributed by atoms with Crippen molar-refractivity contribution in [2.75, 3.05) is 31.3 Å². The second kappa shape index (κ2) is 13.7. The van der Waals surface area contributed by atoms with Crippen molar-refractivity contribution in [3.63, 3.8) is 0 Å². The number of methoxy groups -OCH3 is 1. The number of aromatic nitrogens is 1. The van der Waals surface area contributed by atoms with Crippen molar-refractivity contribution in [1.82, 2.24) is 9.88 Å². The van der Waals surface area contributed by atoms with Gasteiger partial charge in [-0.2, -0.15) is 0 Å². The molecule has 5 rings (SSSR count). The summed E-state index contributed by atoms with van der Waals surface area (Å²) in [4.78, 5) is 44.6. The third kappa shape index (κ3) is 6.65. The number of likely N-dealkylation sites (tertiary alicyclic amines) is 1. The SMILES string of the molecule is CCOc1cc(C(Nc2ccc3c(N)nccc3c2)C(=O)N2CCC(C(=O)OC)C2c2cccc([N+](=O)[O-])c2)ccc1OC(C)C. The van der Waals surface area contributed by atoms with Gasteiger partial charge in [0.1, 0.15) is 11.9 Å². The maximum absolute atomic E-state index is 14.7. The monoisotopic (exact) mass is 627 g/mol. The van der Waals surface area contributed by atoms with Crippen LogP contribution in [-0.2, 0) is 14.3 Å². The highest BCUT2D eigenvalue weighted by atomic mass is 16.6. The zero-order valence-corrected chi connectivity index (χ0v) is 26.1. The number of nitrogen functional groups attached to an aromatic ring is 1. The molecule has 3 N–H and O–H groups in total. The Morgan fingerprint density at radius 1 is 1.11 bits per heavy atom. The van der Waals surface area contributed by atoms with Gasteiger partial charge in [0.25, 0.3) is 5.69 Å². The van der Waals surface area contributed by atoms with Gasteiger partial charge in [-0.3, -0.25) is 19.7 Å². The zero-order chi connectivity index (χ0) is 33.0. The van der Waals surface area contributed by atoms with E-state index in [1.807, 2.05) is 45.0 Å². The number of carbonyl (C=O) groups excluding carboxylic acids is 2. The Balaban J connectivity index is 1.60. The first-order valence-electron chi connectivity index (χ1n) is 15.1. The van der Waals surface area contributed by atoms with Gasteiger partial charge in [-0.15, -0.1) is 0 Å². The molecule has 0 spiro atoms. The Bertz CT molecular complexity index is 1760. The van der Waals surface area contributed by atoms with E-state index in [1.165, 1.54) is 19.2 Å². The third-order valence-electron chi connectivity index (χ3n) is 7.92. The number of hydrogen-bond acceptors (Lipinski definition) is 10. The molecule has 2 heterocycles. The smallest absolute Gasteiger partial charge is 0.311 e. The molecule has 12 heteroatoms. The molecule has 3 aromatic carbocycles. The summed E-state index contributed by atoms with van der Waals surface area (Å²) in [6.07, 6.45) is 1.84. The first kappa shape index (κ1) is 32.0. The fraction of sp³-hybridized carbons (Fsp3) is 0.324. The molecule has 3 unspecified atom stereocenters. The summed E-state index contributed by atoms with van der Waals surface area (Å²) in [5, 5.41) is 16.6. The highest BCUT2D eigenvalue weighted by Gasteiger charge is 2.45. The van der Waals surface area contributed by atoms with E-state index in [1.54, 1.807) is 41.4 Å². The van der Waals surface area contributed by atoms with E-state index in [4.69, 9.17) is 19.9 Å². The third-order valence-corrected chi connectivity index (χ3v) is 7.92. The van der Waals surface area contributed by atoms with Gasteiger partial charge >= 0.3 is 5.97 Å². The number of non-ortho nitro benzene ring substituents is 1. The van der Waals surface area contributed by atoms with Crippen LogP contribution in [0.2, 0.25) is 0 Å². The van der Waals surface area contributed by atoms with Crippen molar-refractivity contribution in [1.29, 1.82) is 0 Å². The molecule has 0 radical (unpaired) electrons. The zero-order valence-electron chi connectivity index (χ0n) is 26.1. The molecule has 3 atom stereocenters. The lowest BCUT2D eigenvalue weighted by Gasteiger charge is -2.32. The number of nitrogens with one attached hydrogen (secondary N) is 1. The summed E-state index contributed by atoms with van der Waals surface area (Å²) in [6, 6.07) is 17.0. The topological polar surface area (TPSA) is 159 Å². The van der Waals surface area contributed by atoms with Gasteiger partial charge < -0.3 is 30.2 Å². The van der Waals surface area contributed by atoms with Crippen molar-refractivity contribution in [2.45, 2.75) is 45.4 Å². The first-order chi connectivity index (χ1) is 22.1. The number of nitro groups is 1. The van der Waals surface area contributed by atoms with E-state index in [0.29, 0.717) is 47.2 Å². The van der Waals surface area contributed by atoms with Gasteiger partial charge in [0.05, 0.1) is 36.7 Å². The molecule has 46 heavy (non-hydrogen) atoms. The van der Waals surface area contributed by atoms with Crippen molar-refractivity contribution in [3.05, 3.63) is 94.2 Å². The van der Waals surface area contributed by atoms with Crippen LogP contribution in [-0.4, -0.2) is 53.0 Å². The van der Waals surface area contributed by atoms with E-state index < -0.39 is 28.9 Å². The molecule has 240 valence electrons. The Hall–Kier alpha value is -5.39. The van der Waals surface area contributed by atoms with Gasteiger partial charge in [0, 0.05) is 35.9 Å². The molecule has 1 aliphatic heterocycles. The van der Waals surface area contributed by atoms with Crippen molar-refractivity contribution in [2.24, 2.45) is 5.92 Å². The van der Waals surface area contributed by atoms with Crippen LogP contribution < -0.4 is 20.5 Å². The van der Waals surface area contributed by atoms with Crippen LogP contribution in [0.25, 0.3) is 10.8 Å². The number of esters is 1. The van der Waals surface area contributed by atoms with Gasteiger partial charge in [0.15, 0.2) is 11.5 Å². The number of nitrogens with zero attached hydrogens (tertiary/aromatic N) is 3. The number of carbonyl (C=O) groups is 2. The predicted octanol–water partition coefficient (Wildman–Crippen LogP) is 5.83. The summed E-state index contributed by atoms with van der Waals surface area (Å²) in [6.45, 7) is 6.31. The minimum Gasteiger partial charge on any atom is -0.490 e. The maximum Gasteiger partial charge on any atom is 0.311 e. The quantitative estimate of drug-likeness (QED) is 0.118. The summed E-state index contributed by atoms with van der Waals surface area (Å²) < 4.78 is 17.0. The molecular formula is C34H37N5O7. The molecular weight excluding hydrogens is 590 g/mol. The minimum atomic E-state index is -0.943. The van der Waals surface area contributed by atoms with Crippen molar-refractivity contribution >= 4 is 39.8 Å². The molecule has 0 bridgehead atoms. The molecule has 4 aromatic rings. The van der Waals surface area contributed by atoms with Crippen LogP contribution in [0.1, 0.15) is 50.4 Å². The summed E-state index contributed by atoms with van der Waals surface area (Å²) in [5.74, 6) is -0.127. The second-order valence-corrected chi connectivity index (χ2v) is 11.3. The molecule has 1 amide bonds. The Morgan fingerprint density at radius 3 is 2.63 bits per heavy atom. The molecule has 0 aliphatic carbocycles. The van der Waals surface area contributed by atoms with Gasteiger partial charge in [-0.1, -0.05) is 18.2 Å². The fourth-order valence-corrected chi connectivity index (χ4v) is 5.91. The van der Waals surface area contributed by atoms with Gasteiger partial charge in [-0.05, 0) is 80.1 Å². The van der Waals surface area contributed by atoms with Crippen LogP contribution in [0.5, 0.6) is 11.5 Å². The van der Waals surface area contributed by atoms with Crippen LogP contribution in [0.15, 0.2) is 72.9 Å². The van der Waals surface area contributed by atoms with Crippen LogP contribution in [0.4, 0.5) is 17.2 Å². The van der Waals surface area contributed by atoms with Gasteiger partial charge in [0.2, 0.25) is 5.91 Å². The van der Waals surface area contributed by atoms with E-state index in [2.05, 4.69) is 10.3 Å². The number of rotatable bonds is 11. The normalized spacial score (nSPS) is 16.7. The minimum absolute atomic E-state index is 0.101. The van der Waals surface area contributed by atoms with Crippen LogP contribution in [0, 0.1) is 16.0 Å². The molecule has 1 aliphatic rings. The number of ether oxygens (including phenoxy) is 3. The summed E-state index contributed by atoms with van der Waals surface area (Å²) >= 11 is 0. The average molecular weight is 628 g/mol. The molecule has 1 aromatic heterocycles. The van der Waals surface area contributed by atoms with Crippen LogP contribution >= 0.6 is 0 Å². The number of anilines is 2. The fourth-order valence-electron chi connectivity index (χ4n) is 5.91. The van der Waals surface area contributed by atoms with E-state index in [0.717, 1.165) is 10.8 Å². The second-order valence-electron chi connectivity index (χ2n) is 11.3. The molecule has 1 fully saturated rings. The number of benzene rings is 3. The lowest BCUT2D eigenvalue weighted by atomic mass is 9.92. The average Bonchev–Trinajstić information content (AvgIpc) is 3.49. The van der Waals surface area contributed by atoms with E-state index >= 15 is 0 Å². The number of nitrogens with two attached hydrogens (primary N) is 1. The lowest BCUT2D eigenvalue weighted by molar-refractivity contribution is -0.385. The number of pyridine rings is 1.